The molecule has 1 aliphatic rings. The molecule has 1 aliphatic heterocycles. The third kappa shape index (κ3) is 2.92. The largest absolute Gasteiger partial charge is 0.508 e. The van der Waals surface area contributed by atoms with Crippen LogP contribution in [0.25, 0.3) is 0 Å². The summed E-state index contributed by atoms with van der Waals surface area (Å²) in [5.41, 5.74) is 4.43. The van der Waals surface area contributed by atoms with Crippen molar-refractivity contribution in [2.24, 2.45) is 0 Å². The van der Waals surface area contributed by atoms with Gasteiger partial charge in [-0.25, -0.2) is 0 Å². The fraction of sp³-hybridized carbons (Fsp3) is 0.100. The molecule has 0 fully saturated rings. The first-order valence-electron chi connectivity index (χ1n) is 8.08. The Balaban J connectivity index is 1.60. The molecule has 0 aliphatic carbocycles. The van der Waals surface area contributed by atoms with Gasteiger partial charge in [0.05, 0.1) is 12.1 Å². The van der Waals surface area contributed by atoms with Gasteiger partial charge < -0.3 is 15.3 Å². The van der Waals surface area contributed by atoms with E-state index in [1.54, 1.807) is 41.6 Å². The lowest BCUT2D eigenvalue weighted by Crippen LogP contribution is -2.23. The Morgan fingerprint density at radius 1 is 1.04 bits per heavy atom. The molecular weight excluding hydrogens is 314 g/mol. The van der Waals surface area contributed by atoms with E-state index in [0.29, 0.717) is 18.7 Å². The second-order valence-electron chi connectivity index (χ2n) is 5.96. The molecular formula is C20H17N3O2. The number of anilines is 2. The topological polar surface area (TPSA) is 65.5 Å². The van der Waals surface area contributed by atoms with Crippen molar-refractivity contribution < 1.29 is 9.90 Å². The van der Waals surface area contributed by atoms with Crippen LogP contribution in [0.3, 0.4) is 0 Å². The third-order valence-corrected chi connectivity index (χ3v) is 4.33. The van der Waals surface area contributed by atoms with Gasteiger partial charge in [-0.15, -0.1) is 0 Å². The van der Waals surface area contributed by atoms with Gasteiger partial charge in [0.25, 0.3) is 5.91 Å². The van der Waals surface area contributed by atoms with E-state index in [1.165, 1.54) is 0 Å². The molecule has 2 aromatic carbocycles. The van der Waals surface area contributed by atoms with Crippen LogP contribution in [0.5, 0.6) is 5.75 Å². The summed E-state index contributed by atoms with van der Waals surface area (Å²) in [5.74, 6) is 0.158. The monoisotopic (exact) mass is 331 g/mol. The molecule has 1 aromatic heterocycles. The highest BCUT2D eigenvalue weighted by Gasteiger charge is 2.30. The molecule has 0 atom stereocenters. The lowest BCUT2D eigenvalue weighted by molar-refractivity contribution is 0.0997. The smallest absolute Gasteiger partial charge is 0.261 e. The molecule has 0 saturated carbocycles. The standard InChI is InChI=1S/C20H17N3O2/c24-17-6-4-16(5-7-17)23-13-15-2-1-3-18(19(15)20(23)25)22-12-14-8-10-21-11-9-14/h1-11,22,24H,12-13H2. The van der Waals surface area contributed by atoms with Crippen molar-refractivity contribution >= 4 is 17.3 Å². The first kappa shape index (κ1) is 15.2. The van der Waals surface area contributed by atoms with Crippen molar-refractivity contribution in [2.75, 3.05) is 10.2 Å². The molecule has 0 saturated heterocycles. The molecule has 25 heavy (non-hydrogen) atoms. The van der Waals surface area contributed by atoms with Crippen molar-refractivity contribution in [3.05, 3.63) is 83.7 Å². The first-order valence-corrected chi connectivity index (χ1v) is 8.08. The SMILES string of the molecule is O=C1c2c(cccc2NCc2ccncc2)CN1c1ccc(O)cc1. The van der Waals surface area contributed by atoms with Crippen LogP contribution in [-0.4, -0.2) is 16.0 Å². The summed E-state index contributed by atoms with van der Waals surface area (Å²) in [7, 11) is 0. The van der Waals surface area contributed by atoms with Crippen LogP contribution in [0.1, 0.15) is 21.5 Å². The Morgan fingerprint density at radius 3 is 2.56 bits per heavy atom. The molecule has 3 aromatic rings. The number of amides is 1. The number of hydrogen-bond acceptors (Lipinski definition) is 4. The van der Waals surface area contributed by atoms with Gasteiger partial charge in [0.15, 0.2) is 0 Å². The lowest BCUT2D eigenvalue weighted by Gasteiger charge is -2.16. The fourth-order valence-electron chi connectivity index (χ4n) is 3.05. The molecule has 2 heterocycles. The number of nitrogens with zero attached hydrogens (tertiary/aromatic N) is 2. The van der Waals surface area contributed by atoms with Crippen molar-refractivity contribution in [1.82, 2.24) is 4.98 Å². The predicted molar refractivity (Wildman–Crippen MR) is 96.6 cm³/mol. The normalized spacial score (nSPS) is 13.0. The second-order valence-corrected chi connectivity index (χ2v) is 5.96. The number of aromatic nitrogens is 1. The van der Waals surface area contributed by atoms with Crippen LogP contribution >= 0.6 is 0 Å². The van der Waals surface area contributed by atoms with Gasteiger partial charge in [0, 0.05) is 30.3 Å². The highest BCUT2D eigenvalue weighted by Crippen LogP contribution is 2.33. The second kappa shape index (κ2) is 6.28. The van der Waals surface area contributed by atoms with Crippen LogP contribution in [0.4, 0.5) is 11.4 Å². The third-order valence-electron chi connectivity index (χ3n) is 4.33. The van der Waals surface area contributed by atoms with Gasteiger partial charge in [-0.2, -0.15) is 0 Å². The number of phenolic OH excluding ortho intramolecular Hbond substituents is 1. The Hall–Kier alpha value is -3.34. The summed E-state index contributed by atoms with van der Waals surface area (Å²) in [6.07, 6.45) is 3.51. The minimum atomic E-state index is -0.0291. The number of fused-ring (bicyclic) bond motifs is 1. The molecule has 1 amide bonds. The quantitative estimate of drug-likeness (QED) is 0.767. The zero-order valence-corrected chi connectivity index (χ0v) is 13.5. The van der Waals surface area contributed by atoms with Crippen molar-refractivity contribution in [2.45, 2.75) is 13.1 Å². The average Bonchev–Trinajstić information content (AvgIpc) is 2.99. The fourth-order valence-corrected chi connectivity index (χ4v) is 3.05. The van der Waals surface area contributed by atoms with E-state index < -0.39 is 0 Å². The molecule has 0 bridgehead atoms. The summed E-state index contributed by atoms with van der Waals surface area (Å²) in [4.78, 5) is 18.7. The van der Waals surface area contributed by atoms with Crippen LogP contribution in [0.2, 0.25) is 0 Å². The number of phenols is 1. The van der Waals surface area contributed by atoms with Gasteiger partial charge in [0.2, 0.25) is 0 Å². The van der Waals surface area contributed by atoms with E-state index in [2.05, 4.69) is 10.3 Å². The maximum absolute atomic E-state index is 12.9. The molecule has 5 heteroatoms. The van der Waals surface area contributed by atoms with Crippen LogP contribution in [0.15, 0.2) is 67.0 Å². The molecule has 0 spiro atoms. The van der Waals surface area contributed by atoms with E-state index in [-0.39, 0.29) is 11.7 Å². The number of carbonyl (C=O) groups is 1. The molecule has 0 unspecified atom stereocenters. The van der Waals surface area contributed by atoms with Crippen LogP contribution in [0, 0.1) is 0 Å². The van der Waals surface area contributed by atoms with Gasteiger partial charge in [0.1, 0.15) is 5.75 Å². The van der Waals surface area contributed by atoms with E-state index in [9.17, 15) is 9.90 Å². The lowest BCUT2D eigenvalue weighted by atomic mass is 10.1. The molecule has 2 N–H and O–H groups in total. The number of benzene rings is 2. The summed E-state index contributed by atoms with van der Waals surface area (Å²) < 4.78 is 0. The van der Waals surface area contributed by atoms with Gasteiger partial charge in [-0.05, 0) is 53.6 Å². The van der Waals surface area contributed by atoms with Crippen LogP contribution < -0.4 is 10.2 Å². The molecule has 124 valence electrons. The summed E-state index contributed by atoms with van der Waals surface area (Å²) >= 11 is 0. The molecule has 5 nitrogen and oxygen atoms in total. The van der Waals surface area contributed by atoms with Crippen molar-refractivity contribution in [3.63, 3.8) is 0 Å². The Morgan fingerprint density at radius 2 is 1.80 bits per heavy atom. The average molecular weight is 331 g/mol. The zero-order chi connectivity index (χ0) is 17.2. The van der Waals surface area contributed by atoms with Gasteiger partial charge in [-0.1, -0.05) is 12.1 Å². The van der Waals surface area contributed by atoms with E-state index in [1.807, 2.05) is 30.3 Å². The molecule has 4 rings (SSSR count). The summed E-state index contributed by atoms with van der Waals surface area (Å²) in [6.45, 7) is 1.16. The minimum absolute atomic E-state index is 0.0291. The first-order chi connectivity index (χ1) is 12.2. The molecule has 0 radical (unpaired) electrons. The summed E-state index contributed by atoms with van der Waals surface area (Å²) in [6, 6.07) is 16.4. The number of hydrogen-bond donors (Lipinski definition) is 2. The maximum atomic E-state index is 12.9. The zero-order valence-electron chi connectivity index (χ0n) is 13.5. The van der Waals surface area contributed by atoms with Crippen molar-refractivity contribution in [1.29, 1.82) is 0 Å². The Kier molecular flexibility index (Phi) is 3.82. The number of aromatic hydroxyl groups is 1. The highest BCUT2D eigenvalue weighted by molar-refractivity contribution is 6.13. The van der Waals surface area contributed by atoms with Gasteiger partial charge in [-0.3, -0.25) is 9.78 Å². The Labute approximate surface area is 145 Å². The summed E-state index contributed by atoms with van der Waals surface area (Å²) in [5, 5.41) is 12.8. The van der Waals surface area contributed by atoms with E-state index in [4.69, 9.17) is 0 Å². The number of rotatable bonds is 4. The number of carbonyl (C=O) groups excluding carboxylic acids is 1. The Bertz CT molecular complexity index is 908. The van der Waals surface area contributed by atoms with Gasteiger partial charge >= 0.3 is 0 Å². The number of pyridine rings is 1. The predicted octanol–water partition coefficient (Wildman–Crippen LogP) is 3.56. The van der Waals surface area contributed by atoms with E-state index in [0.717, 1.165) is 22.5 Å². The van der Waals surface area contributed by atoms with E-state index >= 15 is 0 Å². The highest BCUT2D eigenvalue weighted by atomic mass is 16.3. The number of nitrogens with one attached hydrogen (secondary N) is 1. The van der Waals surface area contributed by atoms with Crippen LogP contribution in [-0.2, 0) is 13.1 Å². The minimum Gasteiger partial charge on any atom is -0.508 e. The van der Waals surface area contributed by atoms with Crippen molar-refractivity contribution in [3.8, 4) is 5.75 Å². The maximum Gasteiger partial charge on any atom is 0.261 e.